The van der Waals surface area contributed by atoms with Gasteiger partial charge in [0.25, 0.3) is 11.8 Å². The molecule has 1 aliphatic rings. The molecule has 1 saturated heterocycles. The molecule has 1 fully saturated rings. The number of nitrogens with zero attached hydrogens (tertiary/aromatic N) is 1. The minimum absolute atomic E-state index is 0.140. The number of hydrogen-bond donors (Lipinski definition) is 1. The Morgan fingerprint density at radius 1 is 0.939 bits per heavy atom. The Labute approximate surface area is 200 Å². The predicted molar refractivity (Wildman–Crippen MR) is 129 cm³/mol. The zero-order valence-electron chi connectivity index (χ0n) is 17.6. The van der Waals surface area contributed by atoms with Gasteiger partial charge in [-0.05, 0) is 67.1 Å². The van der Waals surface area contributed by atoms with E-state index in [1.807, 2.05) is 36.4 Å². The van der Waals surface area contributed by atoms with Gasteiger partial charge in [0.2, 0.25) is 0 Å². The first-order chi connectivity index (χ1) is 16.0. The Morgan fingerprint density at radius 2 is 1.58 bits per heavy atom. The first-order valence-corrected chi connectivity index (χ1v) is 11.3. The van der Waals surface area contributed by atoms with Gasteiger partial charge < -0.3 is 4.74 Å². The third-order valence-corrected chi connectivity index (χ3v) is 6.02. The van der Waals surface area contributed by atoms with Gasteiger partial charge in [-0.25, -0.2) is 9.69 Å². The monoisotopic (exact) mass is 478 g/mol. The van der Waals surface area contributed by atoms with Crippen molar-refractivity contribution in [2.24, 2.45) is 0 Å². The smallest absolute Gasteiger partial charge is 0.336 e. The van der Waals surface area contributed by atoms with Gasteiger partial charge in [-0.3, -0.25) is 14.9 Å². The Morgan fingerprint density at radius 3 is 2.24 bits per heavy atom. The lowest BCUT2D eigenvalue weighted by atomic mass is 10.1. The van der Waals surface area contributed by atoms with Crippen molar-refractivity contribution >= 4 is 53.0 Å². The summed E-state index contributed by atoms with van der Waals surface area (Å²) in [5.74, 6) is -1.08. The zero-order valence-corrected chi connectivity index (χ0v) is 19.2. The molecule has 8 heteroatoms. The summed E-state index contributed by atoms with van der Waals surface area (Å²) in [6.45, 7) is 2.17. The molecular formula is C25H19ClN2O4S. The molecule has 33 heavy (non-hydrogen) atoms. The lowest BCUT2D eigenvalue weighted by molar-refractivity contribution is -0.122. The molecular weight excluding hydrogens is 460 g/mol. The summed E-state index contributed by atoms with van der Waals surface area (Å²) in [5, 5.41) is 2.91. The second kappa shape index (κ2) is 9.94. The molecule has 0 aliphatic carbocycles. The van der Waals surface area contributed by atoms with Crippen LogP contribution in [0.3, 0.4) is 0 Å². The van der Waals surface area contributed by atoms with E-state index in [0.717, 1.165) is 14.7 Å². The van der Waals surface area contributed by atoms with Crippen LogP contribution < -0.4 is 15.0 Å². The molecule has 0 bridgehead atoms. The summed E-state index contributed by atoms with van der Waals surface area (Å²) in [6, 6.07) is 20.8. The first-order valence-electron chi connectivity index (χ1n) is 10.1. The molecule has 166 valence electrons. The van der Waals surface area contributed by atoms with E-state index in [9.17, 15) is 14.4 Å². The first kappa shape index (κ1) is 22.6. The Hall–Kier alpha value is -3.55. The van der Waals surface area contributed by atoms with Gasteiger partial charge in [-0.15, -0.1) is 0 Å². The molecule has 4 amide bonds. The summed E-state index contributed by atoms with van der Waals surface area (Å²) in [5.41, 5.74) is 0.787. The average molecular weight is 479 g/mol. The summed E-state index contributed by atoms with van der Waals surface area (Å²) >= 11 is 7.49. The molecule has 0 aromatic heterocycles. The van der Waals surface area contributed by atoms with Gasteiger partial charge in [0, 0.05) is 14.8 Å². The van der Waals surface area contributed by atoms with Crippen LogP contribution in [-0.2, 0) is 9.59 Å². The molecule has 1 N–H and O–H groups in total. The highest BCUT2D eigenvalue weighted by molar-refractivity contribution is 7.99. The lowest BCUT2D eigenvalue weighted by Gasteiger charge is -2.27. The van der Waals surface area contributed by atoms with Crippen LogP contribution in [0.15, 0.2) is 88.2 Å². The topological polar surface area (TPSA) is 75.7 Å². The van der Waals surface area contributed by atoms with Crippen LogP contribution in [0.1, 0.15) is 12.5 Å². The molecule has 0 radical (unpaired) electrons. The number of carbonyl (C=O) groups is 3. The third kappa shape index (κ3) is 5.10. The number of nitrogens with one attached hydrogen (secondary N) is 1. The fourth-order valence-electron chi connectivity index (χ4n) is 3.23. The number of barbiturate groups is 1. The van der Waals surface area contributed by atoms with Crippen molar-refractivity contribution in [3.8, 4) is 5.75 Å². The molecule has 3 aromatic rings. The number of imide groups is 2. The fraction of sp³-hybridized carbons (Fsp3) is 0.0800. The number of rotatable bonds is 6. The van der Waals surface area contributed by atoms with E-state index < -0.39 is 17.8 Å². The van der Waals surface area contributed by atoms with Crippen molar-refractivity contribution in [3.05, 3.63) is 89.0 Å². The van der Waals surface area contributed by atoms with E-state index in [0.29, 0.717) is 22.9 Å². The van der Waals surface area contributed by atoms with E-state index in [4.69, 9.17) is 16.3 Å². The number of hydrogen-bond acceptors (Lipinski definition) is 5. The average Bonchev–Trinajstić information content (AvgIpc) is 2.80. The van der Waals surface area contributed by atoms with Gasteiger partial charge in [0.15, 0.2) is 0 Å². The van der Waals surface area contributed by atoms with Crippen LogP contribution in [0.5, 0.6) is 5.75 Å². The van der Waals surface area contributed by atoms with Crippen LogP contribution in [0.25, 0.3) is 6.08 Å². The molecule has 4 rings (SSSR count). The SMILES string of the molecule is CCOc1ccccc1N1C(=O)NC(=O)/C(=C\c2ccc(Sc3ccc(Cl)cc3)cc2)C1=O. The number of carbonyl (C=O) groups excluding carboxylic acids is 3. The van der Waals surface area contributed by atoms with E-state index >= 15 is 0 Å². The number of benzene rings is 3. The third-order valence-electron chi connectivity index (χ3n) is 4.75. The van der Waals surface area contributed by atoms with E-state index in [2.05, 4.69) is 5.32 Å². The second-order valence-corrected chi connectivity index (χ2v) is 8.57. The minimum atomic E-state index is -0.816. The molecule has 0 unspecified atom stereocenters. The summed E-state index contributed by atoms with van der Waals surface area (Å²) in [4.78, 5) is 41.0. The molecule has 0 saturated carbocycles. The van der Waals surface area contributed by atoms with Crippen LogP contribution in [0, 0.1) is 0 Å². The van der Waals surface area contributed by atoms with Gasteiger partial charge >= 0.3 is 6.03 Å². The number of para-hydroxylation sites is 2. The van der Waals surface area contributed by atoms with Crippen LogP contribution in [-0.4, -0.2) is 24.5 Å². The Bertz CT molecular complexity index is 1240. The van der Waals surface area contributed by atoms with E-state index in [-0.39, 0.29) is 11.3 Å². The van der Waals surface area contributed by atoms with Gasteiger partial charge in [0.1, 0.15) is 11.3 Å². The lowest BCUT2D eigenvalue weighted by Crippen LogP contribution is -2.54. The summed E-state index contributed by atoms with van der Waals surface area (Å²) < 4.78 is 5.55. The van der Waals surface area contributed by atoms with E-state index in [1.165, 1.54) is 6.08 Å². The molecule has 1 heterocycles. The molecule has 0 spiro atoms. The second-order valence-electron chi connectivity index (χ2n) is 6.98. The van der Waals surface area contributed by atoms with Gasteiger partial charge in [0.05, 0.1) is 12.3 Å². The van der Waals surface area contributed by atoms with Gasteiger partial charge in [-0.1, -0.05) is 47.6 Å². The van der Waals surface area contributed by atoms with Crippen molar-refractivity contribution in [2.75, 3.05) is 11.5 Å². The standard InChI is InChI=1S/C25H19ClN2O4S/c1-2-32-22-6-4-3-5-21(22)28-24(30)20(23(29)27-25(28)31)15-16-7-11-18(12-8-16)33-19-13-9-17(26)10-14-19/h3-15H,2H2,1H3,(H,27,29,31)/b20-15+. The molecule has 0 atom stereocenters. The Balaban J connectivity index is 1.59. The number of amides is 4. The Kier molecular flexibility index (Phi) is 6.82. The van der Waals surface area contributed by atoms with E-state index in [1.54, 1.807) is 55.1 Å². The van der Waals surface area contributed by atoms with Crippen molar-refractivity contribution in [2.45, 2.75) is 16.7 Å². The molecule has 1 aliphatic heterocycles. The number of anilines is 1. The number of ether oxygens (including phenoxy) is 1. The fourth-order valence-corrected chi connectivity index (χ4v) is 4.18. The van der Waals surface area contributed by atoms with Crippen LogP contribution in [0.2, 0.25) is 5.02 Å². The normalized spacial score (nSPS) is 15.0. The van der Waals surface area contributed by atoms with Crippen molar-refractivity contribution in [3.63, 3.8) is 0 Å². The number of urea groups is 1. The minimum Gasteiger partial charge on any atom is -0.492 e. The summed E-state index contributed by atoms with van der Waals surface area (Å²) in [7, 11) is 0. The maximum atomic E-state index is 13.1. The predicted octanol–water partition coefficient (Wildman–Crippen LogP) is 5.56. The quantitative estimate of drug-likeness (QED) is 0.371. The van der Waals surface area contributed by atoms with Gasteiger partial charge in [-0.2, -0.15) is 0 Å². The largest absolute Gasteiger partial charge is 0.492 e. The highest BCUT2D eigenvalue weighted by Crippen LogP contribution is 2.32. The highest BCUT2D eigenvalue weighted by Gasteiger charge is 2.38. The summed E-state index contributed by atoms with van der Waals surface area (Å²) in [6.07, 6.45) is 1.47. The maximum absolute atomic E-state index is 13.1. The zero-order chi connectivity index (χ0) is 23.4. The molecule has 6 nitrogen and oxygen atoms in total. The van der Waals surface area contributed by atoms with Crippen molar-refractivity contribution in [1.29, 1.82) is 0 Å². The van der Waals surface area contributed by atoms with Crippen molar-refractivity contribution < 1.29 is 19.1 Å². The van der Waals surface area contributed by atoms with Crippen LogP contribution in [0.4, 0.5) is 10.5 Å². The highest BCUT2D eigenvalue weighted by atomic mass is 35.5. The molecule has 3 aromatic carbocycles. The van der Waals surface area contributed by atoms with Crippen LogP contribution >= 0.6 is 23.4 Å². The van der Waals surface area contributed by atoms with Crippen molar-refractivity contribution in [1.82, 2.24) is 5.32 Å². The number of halogens is 1. The maximum Gasteiger partial charge on any atom is 0.336 e.